The van der Waals surface area contributed by atoms with Crippen molar-refractivity contribution in [2.45, 2.75) is 12.7 Å². The van der Waals surface area contributed by atoms with Gasteiger partial charge in [-0.05, 0) is 17.5 Å². The van der Waals surface area contributed by atoms with Crippen molar-refractivity contribution in [1.29, 1.82) is 0 Å². The molecule has 0 spiro atoms. The molecule has 1 heterocycles. The second-order valence-electron chi connectivity index (χ2n) is 5.38. The summed E-state index contributed by atoms with van der Waals surface area (Å²) in [6.07, 6.45) is 0. The SMILES string of the molecule is COC(=O)C1CN(S(=O)(=O)Cc2ccccc2N)CC1C. The van der Waals surface area contributed by atoms with Crippen LogP contribution in [0.15, 0.2) is 24.3 Å². The topological polar surface area (TPSA) is 89.7 Å². The summed E-state index contributed by atoms with van der Waals surface area (Å²) >= 11 is 0. The molecule has 116 valence electrons. The smallest absolute Gasteiger partial charge is 0.310 e. The number of sulfonamides is 1. The van der Waals surface area contributed by atoms with Gasteiger partial charge in [0.25, 0.3) is 0 Å². The lowest BCUT2D eigenvalue weighted by Crippen LogP contribution is -2.31. The van der Waals surface area contributed by atoms with Crippen LogP contribution >= 0.6 is 0 Å². The molecule has 7 heteroatoms. The molecule has 2 atom stereocenters. The maximum absolute atomic E-state index is 12.5. The molecule has 1 aliphatic heterocycles. The van der Waals surface area contributed by atoms with E-state index in [1.54, 1.807) is 24.3 Å². The Hall–Kier alpha value is -1.60. The third kappa shape index (κ3) is 3.36. The van der Waals surface area contributed by atoms with Crippen molar-refractivity contribution in [3.63, 3.8) is 0 Å². The molecule has 0 aromatic heterocycles. The fourth-order valence-corrected chi connectivity index (χ4v) is 4.25. The average Bonchev–Trinajstić information content (AvgIpc) is 2.83. The zero-order chi connectivity index (χ0) is 15.6. The number of nitrogens with two attached hydrogens (primary N) is 1. The molecule has 1 aliphatic rings. The highest BCUT2D eigenvalue weighted by atomic mass is 32.2. The number of para-hydroxylation sites is 1. The first kappa shape index (κ1) is 15.8. The molecular formula is C14H20N2O4S. The summed E-state index contributed by atoms with van der Waals surface area (Å²) in [5, 5.41) is 0. The van der Waals surface area contributed by atoms with Crippen molar-refractivity contribution in [3.8, 4) is 0 Å². The van der Waals surface area contributed by atoms with E-state index in [2.05, 4.69) is 0 Å². The Bertz CT molecular complexity index is 630. The molecule has 21 heavy (non-hydrogen) atoms. The van der Waals surface area contributed by atoms with Crippen molar-refractivity contribution < 1.29 is 17.9 Å². The molecule has 1 aromatic carbocycles. The molecular weight excluding hydrogens is 292 g/mol. The van der Waals surface area contributed by atoms with Crippen molar-refractivity contribution in [2.75, 3.05) is 25.9 Å². The lowest BCUT2D eigenvalue weighted by atomic mass is 9.99. The number of benzene rings is 1. The zero-order valence-electron chi connectivity index (χ0n) is 12.2. The van der Waals surface area contributed by atoms with E-state index in [0.29, 0.717) is 17.8 Å². The number of carbonyl (C=O) groups is 1. The maximum Gasteiger partial charge on any atom is 0.310 e. The molecule has 2 N–H and O–H groups in total. The quantitative estimate of drug-likeness (QED) is 0.657. The minimum Gasteiger partial charge on any atom is -0.469 e. The van der Waals surface area contributed by atoms with Gasteiger partial charge >= 0.3 is 5.97 Å². The molecule has 1 aromatic rings. The van der Waals surface area contributed by atoms with E-state index >= 15 is 0 Å². The number of nitrogen functional groups attached to an aromatic ring is 1. The minimum absolute atomic E-state index is 0.0552. The number of anilines is 1. The van der Waals surface area contributed by atoms with Crippen LogP contribution in [0.2, 0.25) is 0 Å². The number of rotatable bonds is 4. The van der Waals surface area contributed by atoms with Crippen LogP contribution < -0.4 is 5.73 Å². The molecule has 2 rings (SSSR count). The first-order chi connectivity index (χ1) is 9.85. The van der Waals surface area contributed by atoms with Gasteiger partial charge in [0, 0.05) is 18.8 Å². The van der Waals surface area contributed by atoms with Gasteiger partial charge in [-0.2, -0.15) is 0 Å². The van der Waals surface area contributed by atoms with Gasteiger partial charge < -0.3 is 10.5 Å². The number of hydrogen-bond acceptors (Lipinski definition) is 5. The van der Waals surface area contributed by atoms with Gasteiger partial charge in [-0.25, -0.2) is 12.7 Å². The van der Waals surface area contributed by atoms with Crippen LogP contribution in [0, 0.1) is 11.8 Å². The molecule has 0 saturated carbocycles. The van der Waals surface area contributed by atoms with Gasteiger partial charge in [0.1, 0.15) is 0 Å². The van der Waals surface area contributed by atoms with Crippen LogP contribution in [-0.2, 0) is 25.3 Å². The number of methoxy groups -OCH3 is 1. The van der Waals surface area contributed by atoms with Gasteiger partial charge in [0.15, 0.2) is 0 Å². The Balaban J connectivity index is 2.15. The lowest BCUT2D eigenvalue weighted by molar-refractivity contribution is -0.145. The lowest BCUT2D eigenvalue weighted by Gasteiger charge is -2.17. The van der Waals surface area contributed by atoms with Crippen molar-refractivity contribution >= 4 is 21.7 Å². The van der Waals surface area contributed by atoms with Crippen molar-refractivity contribution in [3.05, 3.63) is 29.8 Å². The van der Waals surface area contributed by atoms with Crippen LogP contribution in [-0.4, -0.2) is 38.9 Å². The van der Waals surface area contributed by atoms with Crippen LogP contribution in [0.4, 0.5) is 5.69 Å². The van der Waals surface area contributed by atoms with Crippen LogP contribution in [0.1, 0.15) is 12.5 Å². The highest BCUT2D eigenvalue weighted by molar-refractivity contribution is 7.88. The highest BCUT2D eigenvalue weighted by Gasteiger charge is 2.40. The fraction of sp³-hybridized carbons (Fsp3) is 0.500. The Labute approximate surface area is 124 Å². The Morgan fingerprint density at radius 2 is 2.05 bits per heavy atom. The Morgan fingerprint density at radius 1 is 1.38 bits per heavy atom. The molecule has 0 bridgehead atoms. The molecule has 0 aliphatic carbocycles. The van der Waals surface area contributed by atoms with E-state index < -0.39 is 15.9 Å². The van der Waals surface area contributed by atoms with Gasteiger partial charge in [-0.1, -0.05) is 25.1 Å². The first-order valence-electron chi connectivity index (χ1n) is 6.74. The van der Waals surface area contributed by atoms with Gasteiger partial charge in [-0.3, -0.25) is 4.79 Å². The second-order valence-corrected chi connectivity index (χ2v) is 7.35. The largest absolute Gasteiger partial charge is 0.469 e. The van der Waals surface area contributed by atoms with E-state index in [1.165, 1.54) is 11.4 Å². The minimum atomic E-state index is -3.50. The molecule has 1 fully saturated rings. The first-order valence-corrected chi connectivity index (χ1v) is 8.35. The summed E-state index contributed by atoms with van der Waals surface area (Å²) in [6.45, 7) is 2.35. The van der Waals surface area contributed by atoms with Crippen molar-refractivity contribution in [1.82, 2.24) is 4.31 Å². The number of carbonyl (C=O) groups excluding carboxylic acids is 1. The van der Waals surface area contributed by atoms with E-state index in [0.717, 1.165) is 0 Å². The summed E-state index contributed by atoms with van der Waals surface area (Å²) in [7, 11) is -2.18. The number of esters is 1. The number of nitrogens with zero attached hydrogens (tertiary/aromatic N) is 1. The third-order valence-electron chi connectivity index (χ3n) is 3.87. The molecule has 0 radical (unpaired) electrons. The summed E-state index contributed by atoms with van der Waals surface area (Å²) in [4.78, 5) is 11.6. The van der Waals surface area contributed by atoms with Crippen LogP contribution in [0.25, 0.3) is 0 Å². The summed E-state index contributed by atoms with van der Waals surface area (Å²) < 4.78 is 31.0. The van der Waals surface area contributed by atoms with Gasteiger partial charge in [-0.15, -0.1) is 0 Å². The molecule has 0 amide bonds. The summed E-state index contributed by atoms with van der Waals surface area (Å²) in [5.41, 5.74) is 6.83. The van der Waals surface area contributed by atoms with E-state index in [4.69, 9.17) is 10.5 Å². The molecule has 2 unspecified atom stereocenters. The zero-order valence-corrected chi connectivity index (χ0v) is 13.0. The van der Waals surface area contributed by atoms with E-state index in [-0.39, 0.29) is 24.2 Å². The van der Waals surface area contributed by atoms with Crippen LogP contribution in [0.3, 0.4) is 0 Å². The van der Waals surface area contributed by atoms with E-state index in [1.807, 2.05) is 6.92 Å². The van der Waals surface area contributed by atoms with E-state index in [9.17, 15) is 13.2 Å². The summed E-state index contributed by atoms with van der Waals surface area (Å²) in [5.74, 6) is -0.974. The Kier molecular flexibility index (Phi) is 4.53. The predicted octanol–water partition coefficient (Wildman–Crippen LogP) is 0.839. The molecule has 1 saturated heterocycles. The van der Waals surface area contributed by atoms with Gasteiger partial charge in [0.05, 0.1) is 18.8 Å². The van der Waals surface area contributed by atoms with Gasteiger partial charge in [0.2, 0.25) is 10.0 Å². The average molecular weight is 312 g/mol. The number of hydrogen-bond donors (Lipinski definition) is 1. The van der Waals surface area contributed by atoms with Crippen LogP contribution in [0.5, 0.6) is 0 Å². The Morgan fingerprint density at radius 3 is 2.67 bits per heavy atom. The van der Waals surface area contributed by atoms with Crippen molar-refractivity contribution in [2.24, 2.45) is 11.8 Å². The third-order valence-corrected chi connectivity index (χ3v) is 5.63. The predicted molar refractivity (Wildman–Crippen MR) is 79.7 cm³/mol. The standard InChI is InChI=1S/C14H20N2O4S/c1-10-7-16(8-12(10)14(17)20-2)21(18,19)9-11-5-3-4-6-13(11)15/h3-6,10,12H,7-9,15H2,1-2H3. The maximum atomic E-state index is 12.5. The normalized spacial score (nSPS) is 23.1. The highest BCUT2D eigenvalue weighted by Crippen LogP contribution is 2.28. The monoisotopic (exact) mass is 312 g/mol. The summed E-state index contributed by atoms with van der Waals surface area (Å²) in [6, 6.07) is 6.89. The fourth-order valence-electron chi connectivity index (χ4n) is 2.56. The molecule has 6 nitrogen and oxygen atoms in total. The number of ether oxygens (including phenoxy) is 1. The second kappa shape index (κ2) is 6.03.